The third-order valence-corrected chi connectivity index (χ3v) is 3.01. The van der Waals surface area contributed by atoms with Gasteiger partial charge in [-0.05, 0) is 63.7 Å². The molecule has 108 valence electrons. The highest BCUT2D eigenvalue weighted by Gasteiger charge is 2.04. The Labute approximate surface area is 120 Å². The first kappa shape index (κ1) is 14.6. The number of nitrogens with one attached hydrogen (secondary N) is 2. The quantitative estimate of drug-likeness (QED) is 0.762. The fourth-order valence-electron chi connectivity index (χ4n) is 2.05. The molecule has 2 rings (SSSR count). The SMILES string of the molecule is CNCCCc1ncc(-c2ccc(OC(C)C)cc2)[nH]1. The summed E-state index contributed by atoms with van der Waals surface area (Å²) in [6, 6.07) is 8.11. The van der Waals surface area contributed by atoms with Crippen molar-refractivity contribution in [3.05, 3.63) is 36.3 Å². The van der Waals surface area contributed by atoms with Gasteiger partial charge in [0.15, 0.2) is 0 Å². The molecule has 4 nitrogen and oxygen atoms in total. The topological polar surface area (TPSA) is 49.9 Å². The second kappa shape index (κ2) is 7.10. The molecule has 0 aliphatic rings. The molecule has 2 N–H and O–H groups in total. The number of aromatic amines is 1. The lowest BCUT2D eigenvalue weighted by Crippen LogP contribution is -2.08. The molecule has 2 aromatic rings. The van der Waals surface area contributed by atoms with Crippen LogP contribution in [-0.4, -0.2) is 29.7 Å². The average molecular weight is 273 g/mol. The molecule has 20 heavy (non-hydrogen) atoms. The van der Waals surface area contributed by atoms with Gasteiger partial charge in [0.2, 0.25) is 0 Å². The lowest BCUT2D eigenvalue weighted by atomic mass is 10.1. The van der Waals surface area contributed by atoms with E-state index in [0.29, 0.717) is 0 Å². The van der Waals surface area contributed by atoms with E-state index in [1.165, 1.54) is 0 Å². The predicted octanol–water partition coefficient (Wildman–Crippen LogP) is 3.02. The second-order valence-electron chi connectivity index (χ2n) is 5.14. The van der Waals surface area contributed by atoms with Crippen LogP contribution < -0.4 is 10.1 Å². The first-order valence-corrected chi connectivity index (χ1v) is 7.14. The molecule has 0 radical (unpaired) electrons. The summed E-state index contributed by atoms with van der Waals surface area (Å²) in [5.41, 5.74) is 2.19. The maximum Gasteiger partial charge on any atom is 0.119 e. The maximum absolute atomic E-state index is 5.64. The van der Waals surface area contributed by atoms with Crippen LogP contribution in [0.25, 0.3) is 11.3 Å². The number of H-pyrrole nitrogens is 1. The van der Waals surface area contributed by atoms with Gasteiger partial charge in [-0.1, -0.05) is 0 Å². The predicted molar refractivity (Wildman–Crippen MR) is 82.0 cm³/mol. The first-order valence-electron chi connectivity index (χ1n) is 7.14. The largest absolute Gasteiger partial charge is 0.491 e. The van der Waals surface area contributed by atoms with Gasteiger partial charge in [-0.2, -0.15) is 0 Å². The van der Waals surface area contributed by atoms with Crippen molar-refractivity contribution in [1.29, 1.82) is 0 Å². The number of aromatic nitrogens is 2. The fourth-order valence-corrected chi connectivity index (χ4v) is 2.05. The summed E-state index contributed by atoms with van der Waals surface area (Å²) in [6.45, 7) is 5.07. The van der Waals surface area contributed by atoms with Gasteiger partial charge in [-0.25, -0.2) is 4.98 Å². The average Bonchev–Trinajstić information content (AvgIpc) is 2.88. The molecule has 0 saturated carbocycles. The highest BCUT2D eigenvalue weighted by Crippen LogP contribution is 2.21. The number of hydrogen-bond donors (Lipinski definition) is 2. The third-order valence-electron chi connectivity index (χ3n) is 3.01. The number of ether oxygens (including phenoxy) is 1. The van der Waals surface area contributed by atoms with Gasteiger partial charge >= 0.3 is 0 Å². The van der Waals surface area contributed by atoms with Crippen molar-refractivity contribution in [2.45, 2.75) is 32.8 Å². The lowest BCUT2D eigenvalue weighted by Gasteiger charge is -2.09. The molecule has 1 aromatic carbocycles. The van der Waals surface area contributed by atoms with Crippen molar-refractivity contribution >= 4 is 0 Å². The van der Waals surface area contributed by atoms with E-state index in [9.17, 15) is 0 Å². The number of imidazole rings is 1. The molecule has 0 atom stereocenters. The number of rotatable bonds is 7. The molecular formula is C16H23N3O. The summed E-state index contributed by atoms with van der Waals surface area (Å²) in [6.07, 6.45) is 4.15. The van der Waals surface area contributed by atoms with Crippen LogP contribution in [0.3, 0.4) is 0 Å². The van der Waals surface area contributed by atoms with Gasteiger partial charge in [0, 0.05) is 6.42 Å². The van der Waals surface area contributed by atoms with Gasteiger partial charge in [0.1, 0.15) is 11.6 Å². The molecule has 0 saturated heterocycles. The van der Waals surface area contributed by atoms with Crippen molar-refractivity contribution in [1.82, 2.24) is 15.3 Å². The highest BCUT2D eigenvalue weighted by atomic mass is 16.5. The standard InChI is InChI=1S/C16H23N3O/c1-12(2)20-14-8-6-13(7-9-14)15-11-18-16(19-15)5-4-10-17-3/h6-9,11-12,17H,4-5,10H2,1-3H3,(H,18,19). The van der Waals surface area contributed by atoms with E-state index < -0.39 is 0 Å². The molecule has 0 unspecified atom stereocenters. The Morgan fingerprint density at radius 1 is 1.25 bits per heavy atom. The number of aryl methyl sites for hydroxylation is 1. The van der Waals surface area contributed by atoms with Crippen LogP contribution in [0, 0.1) is 0 Å². The van der Waals surface area contributed by atoms with Crippen LogP contribution in [0.1, 0.15) is 26.1 Å². The van der Waals surface area contributed by atoms with Gasteiger partial charge < -0.3 is 15.0 Å². The first-order chi connectivity index (χ1) is 9.69. The molecule has 0 aliphatic carbocycles. The van der Waals surface area contributed by atoms with E-state index in [4.69, 9.17) is 4.74 Å². The molecule has 4 heteroatoms. The molecular weight excluding hydrogens is 250 g/mol. The van der Waals surface area contributed by atoms with Gasteiger partial charge in [0.05, 0.1) is 18.0 Å². The monoisotopic (exact) mass is 273 g/mol. The highest BCUT2D eigenvalue weighted by molar-refractivity contribution is 5.59. The van der Waals surface area contributed by atoms with E-state index >= 15 is 0 Å². The summed E-state index contributed by atoms with van der Waals surface area (Å²) >= 11 is 0. The van der Waals surface area contributed by atoms with Crippen molar-refractivity contribution in [2.24, 2.45) is 0 Å². The van der Waals surface area contributed by atoms with Crippen molar-refractivity contribution in [2.75, 3.05) is 13.6 Å². The van der Waals surface area contributed by atoms with Crippen molar-refractivity contribution < 1.29 is 4.74 Å². The number of benzene rings is 1. The third kappa shape index (κ3) is 4.10. The zero-order valence-corrected chi connectivity index (χ0v) is 12.4. The van der Waals surface area contributed by atoms with E-state index in [2.05, 4.69) is 27.4 Å². The minimum Gasteiger partial charge on any atom is -0.491 e. The minimum absolute atomic E-state index is 0.201. The summed E-state index contributed by atoms with van der Waals surface area (Å²) in [4.78, 5) is 7.79. The summed E-state index contributed by atoms with van der Waals surface area (Å²) in [5, 5.41) is 3.14. The minimum atomic E-state index is 0.201. The van der Waals surface area contributed by atoms with Crippen LogP contribution >= 0.6 is 0 Å². The summed E-state index contributed by atoms with van der Waals surface area (Å²) < 4.78 is 5.64. The van der Waals surface area contributed by atoms with E-state index in [-0.39, 0.29) is 6.10 Å². The fraction of sp³-hybridized carbons (Fsp3) is 0.438. The van der Waals surface area contributed by atoms with E-state index in [0.717, 1.165) is 42.2 Å². The zero-order chi connectivity index (χ0) is 14.4. The Bertz CT molecular complexity index is 517. The van der Waals surface area contributed by atoms with Gasteiger partial charge in [0.25, 0.3) is 0 Å². The Hall–Kier alpha value is -1.81. The van der Waals surface area contributed by atoms with Crippen molar-refractivity contribution in [3.63, 3.8) is 0 Å². The Morgan fingerprint density at radius 2 is 2.00 bits per heavy atom. The van der Waals surface area contributed by atoms with E-state index in [1.807, 2.05) is 39.2 Å². The van der Waals surface area contributed by atoms with Crippen LogP contribution in [0.5, 0.6) is 5.75 Å². The normalized spacial score (nSPS) is 11.0. The number of nitrogens with zero attached hydrogens (tertiary/aromatic N) is 1. The molecule has 0 aliphatic heterocycles. The Morgan fingerprint density at radius 3 is 2.65 bits per heavy atom. The molecule has 1 aromatic heterocycles. The van der Waals surface area contributed by atoms with Crippen LogP contribution in [0.2, 0.25) is 0 Å². The molecule has 0 bridgehead atoms. The second-order valence-corrected chi connectivity index (χ2v) is 5.14. The smallest absolute Gasteiger partial charge is 0.119 e. The van der Waals surface area contributed by atoms with Gasteiger partial charge in [-0.3, -0.25) is 0 Å². The number of hydrogen-bond acceptors (Lipinski definition) is 3. The van der Waals surface area contributed by atoms with Gasteiger partial charge in [-0.15, -0.1) is 0 Å². The molecule has 0 amide bonds. The zero-order valence-electron chi connectivity index (χ0n) is 12.4. The molecule has 0 fully saturated rings. The lowest BCUT2D eigenvalue weighted by molar-refractivity contribution is 0.242. The summed E-state index contributed by atoms with van der Waals surface area (Å²) in [7, 11) is 1.97. The maximum atomic E-state index is 5.64. The van der Waals surface area contributed by atoms with Crippen LogP contribution in [0.15, 0.2) is 30.5 Å². The molecule has 0 spiro atoms. The Kier molecular flexibility index (Phi) is 5.18. The Balaban J connectivity index is 2.00. The van der Waals surface area contributed by atoms with Crippen LogP contribution in [0.4, 0.5) is 0 Å². The summed E-state index contributed by atoms with van der Waals surface area (Å²) in [5.74, 6) is 1.94. The molecule has 1 heterocycles. The van der Waals surface area contributed by atoms with E-state index in [1.54, 1.807) is 0 Å². The van der Waals surface area contributed by atoms with Crippen molar-refractivity contribution in [3.8, 4) is 17.0 Å². The van der Waals surface area contributed by atoms with Crippen LogP contribution in [-0.2, 0) is 6.42 Å².